The molecule has 0 saturated carbocycles. The lowest BCUT2D eigenvalue weighted by molar-refractivity contribution is -0.121. The fourth-order valence-electron chi connectivity index (χ4n) is 1.82. The molecular formula is C14H27Cl2N3OS. The Bertz CT molecular complexity index is 409. The predicted molar refractivity (Wildman–Crippen MR) is 94.8 cm³/mol. The summed E-state index contributed by atoms with van der Waals surface area (Å²) in [6, 6.07) is 0. The van der Waals surface area contributed by atoms with E-state index in [1.807, 2.05) is 6.92 Å². The van der Waals surface area contributed by atoms with Gasteiger partial charge in [0.15, 0.2) is 0 Å². The molecule has 0 aliphatic rings. The first kappa shape index (κ1) is 22.9. The molecule has 4 nitrogen and oxygen atoms in total. The maximum absolute atomic E-state index is 11.7. The lowest BCUT2D eigenvalue weighted by atomic mass is 9.94. The number of amides is 1. The average molecular weight is 356 g/mol. The van der Waals surface area contributed by atoms with Crippen molar-refractivity contribution >= 4 is 42.1 Å². The number of hydrogen-bond acceptors (Lipinski definition) is 4. The summed E-state index contributed by atoms with van der Waals surface area (Å²) in [4.78, 5) is 16.1. The van der Waals surface area contributed by atoms with E-state index in [1.165, 1.54) is 0 Å². The summed E-state index contributed by atoms with van der Waals surface area (Å²) >= 11 is 1.65. The number of nitrogens with two attached hydrogens (primary N) is 1. The van der Waals surface area contributed by atoms with Crippen LogP contribution in [0.3, 0.4) is 0 Å². The molecular weight excluding hydrogens is 329 g/mol. The molecule has 1 aromatic rings. The molecule has 1 amide bonds. The van der Waals surface area contributed by atoms with Gasteiger partial charge in [-0.15, -0.1) is 36.2 Å². The smallest absolute Gasteiger partial charge is 0.220 e. The standard InChI is InChI=1S/C14H25N3OS.2ClH/c1-4-14(15,5-2)10-16-13(18)8-6-7-12-9-19-11(3)17-12;;/h9H,4-8,10,15H2,1-3H3,(H,16,18);2*1H. The van der Waals surface area contributed by atoms with Crippen LogP contribution in [0.2, 0.25) is 0 Å². The highest BCUT2D eigenvalue weighted by Gasteiger charge is 2.20. The maximum atomic E-state index is 11.7. The van der Waals surface area contributed by atoms with Crippen LogP contribution < -0.4 is 11.1 Å². The first-order valence-electron chi connectivity index (χ1n) is 6.95. The third kappa shape index (κ3) is 8.61. The molecule has 0 atom stereocenters. The van der Waals surface area contributed by atoms with Crippen molar-refractivity contribution in [1.82, 2.24) is 10.3 Å². The number of nitrogens with one attached hydrogen (secondary N) is 1. The SMILES string of the molecule is CCC(N)(CC)CNC(=O)CCCc1csc(C)n1.Cl.Cl. The minimum absolute atomic E-state index is 0. The van der Waals surface area contributed by atoms with E-state index in [1.54, 1.807) is 11.3 Å². The van der Waals surface area contributed by atoms with Crippen molar-refractivity contribution < 1.29 is 4.79 Å². The van der Waals surface area contributed by atoms with Crippen LogP contribution in [-0.4, -0.2) is 23.0 Å². The van der Waals surface area contributed by atoms with E-state index in [-0.39, 0.29) is 36.3 Å². The number of hydrogen-bond donors (Lipinski definition) is 2. The van der Waals surface area contributed by atoms with Gasteiger partial charge in [0.25, 0.3) is 0 Å². The van der Waals surface area contributed by atoms with Gasteiger partial charge >= 0.3 is 0 Å². The van der Waals surface area contributed by atoms with E-state index in [0.717, 1.165) is 36.4 Å². The van der Waals surface area contributed by atoms with Gasteiger partial charge in [-0.25, -0.2) is 4.98 Å². The van der Waals surface area contributed by atoms with Crippen LogP contribution in [0.25, 0.3) is 0 Å². The highest BCUT2D eigenvalue weighted by molar-refractivity contribution is 7.09. The Kier molecular flexibility index (Phi) is 12.3. The van der Waals surface area contributed by atoms with Gasteiger partial charge in [-0.2, -0.15) is 0 Å². The lowest BCUT2D eigenvalue weighted by Gasteiger charge is -2.26. The zero-order valence-electron chi connectivity index (χ0n) is 13.0. The molecule has 0 saturated heterocycles. The Morgan fingerprint density at radius 2 is 2.00 bits per heavy atom. The summed E-state index contributed by atoms with van der Waals surface area (Å²) in [5.74, 6) is 0.0867. The molecule has 0 bridgehead atoms. The number of aromatic nitrogens is 1. The van der Waals surface area contributed by atoms with Gasteiger partial charge in [0.05, 0.1) is 10.7 Å². The van der Waals surface area contributed by atoms with Gasteiger partial charge in [0.2, 0.25) is 5.91 Å². The number of thiazole rings is 1. The van der Waals surface area contributed by atoms with Crippen LogP contribution in [0.1, 0.15) is 50.2 Å². The molecule has 0 aliphatic carbocycles. The molecule has 0 fully saturated rings. The van der Waals surface area contributed by atoms with Gasteiger partial charge in [-0.3, -0.25) is 4.79 Å². The van der Waals surface area contributed by atoms with Gasteiger partial charge < -0.3 is 11.1 Å². The van der Waals surface area contributed by atoms with Gasteiger partial charge in [-0.05, 0) is 32.6 Å². The quantitative estimate of drug-likeness (QED) is 0.751. The van der Waals surface area contributed by atoms with Crippen LogP contribution in [0.5, 0.6) is 0 Å². The monoisotopic (exact) mass is 355 g/mol. The third-order valence-electron chi connectivity index (χ3n) is 3.55. The first-order chi connectivity index (χ1) is 8.99. The molecule has 0 spiro atoms. The topological polar surface area (TPSA) is 68.0 Å². The number of nitrogens with zero attached hydrogens (tertiary/aromatic N) is 1. The van der Waals surface area contributed by atoms with Gasteiger partial charge in [0.1, 0.15) is 0 Å². The molecule has 0 aliphatic heterocycles. The molecule has 0 radical (unpaired) electrons. The van der Waals surface area contributed by atoms with E-state index in [9.17, 15) is 4.79 Å². The van der Waals surface area contributed by atoms with E-state index in [4.69, 9.17) is 5.73 Å². The van der Waals surface area contributed by atoms with Gasteiger partial charge in [0, 0.05) is 23.9 Å². The van der Waals surface area contributed by atoms with Crippen LogP contribution >= 0.6 is 36.2 Å². The summed E-state index contributed by atoms with van der Waals surface area (Å²) in [5, 5.41) is 6.08. The summed E-state index contributed by atoms with van der Waals surface area (Å²) in [6.45, 7) is 6.67. The number of rotatable bonds is 8. The van der Waals surface area contributed by atoms with E-state index in [2.05, 4.69) is 29.5 Å². The summed E-state index contributed by atoms with van der Waals surface area (Å²) < 4.78 is 0. The minimum Gasteiger partial charge on any atom is -0.354 e. The second kappa shape index (κ2) is 11.2. The van der Waals surface area contributed by atoms with Crippen LogP contribution in [0.15, 0.2) is 5.38 Å². The van der Waals surface area contributed by atoms with Crippen molar-refractivity contribution in [3.05, 3.63) is 16.1 Å². The highest BCUT2D eigenvalue weighted by atomic mass is 35.5. The van der Waals surface area contributed by atoms with E-state index >= 15 is 0 Å². The maximum Gasteiger partial charge on any atom is 0.220 e. The fourth-order valence-corrected chi connectivity index (χ4v) is 2.46. The zero-order chi connectivity index (χ0) is 14.3. The molecule has 7 heteroatoms. The third-order valence-corrected chi connectivity index (χ3v) is 4.37. The largest absolute Gasteiger partial charge is 0.354 e. The van der Waals surface area contributed by atoms with Crippen molar-refractivity contribution in [1.29, 1.82) is 0 Å². The number of carbonyl (C=O) groups excluding carboxylic acids is 1. The highest BCUT2D eigenvalue weighted by Crippen LogP contribution is 2.11. The van der Waals surface area contributed by atoms with Gasteiger partial charge in [-0.1, -0.05) is 13.8 Å². The molecule has 3 N–H and O–H groups in total. The molecule has 1 rings (SSSR count). The van der Waals surface area contributed by atoms with Crippen LogP contribution in [0, 0.1) is 6.92 Å². The van der Waals surface area contributed by atoms with Crippen molar-refractivity contribution in [2.45, 2.75) is 58.4 Å². The van der Waals surface area contributed by atoms with Crippen molar-refractivity contribution in [3.8, 4) is 0 Å². The Hall–Kier alpha value is -0.360. The average Bonchev–Trinajstić information content (AvgIpc) is 2.82. The van der Waals surface area contributed by atoms with Crippen molar-refractivity contribution in [2.24, 2.45) is 5.73 Å². The van der Waals surface area contributed by atoms with Crippen molar-refractivity contribution in [2.75, 3.05) is 6.54 Å². The van der Waals surface area contributed by atoms with Crippen LogP contribution in [-0.2, 0) is 11.2 Å². The predicted octanol–water partition coefficient (Wildman–Crippen LogP) is 3.25. The summed E-state index contributed by atoms with van der Waals surface area (Å²) in [6.07, 6.45) is 4.00. The second-order valence-electron chi connectivity index (χ2n) is 5.06. The Labute approximate surface area is 144 Å². The zero-order valence-corrected chi connectivity index (χ0v) is 15.4. The Morgan fingerprint density at radius 1 is 1.38 bits per heavy atom. The number of carbonyl (C=O) groups is 1. The van der Waals surface area contributed by atoms with E-state index in [0.29, 0.717) is 13.0 Å². The van der Waals surface area contributed by atoms with Crippen LogP contribution in [0.4, 0.5) is 0 Å². The Morgan fingerprint density at radius 3 is 2.48 bits per heavy atom. The fraction of sp³-hybridized carbons (Fsp3) is 0.714. The van der Waals surface area contributed by atoms with E-state index < -0.39 is 0 Å². The molecule has 1 aromatic heterocycles. The number of aryl methyl sites for hydroxylation is 2. The Balaban J connectivity index is 0. The van der Waals surface area contributed by atoms with Crippen molar-refractivity contribution in [3.63, 3.8) is 0 Å². The molecule has 0 aromatic carbocycles. The minimum atomic E-state index is -0.262. The molecule has 21 heavy (non-hydrogen) atoms. The normalized spacial score (nSPS) is 10.5. The summed E-state index contributed by atoms with van der Waals surface area (Å²) in [5.41, 5.74) is 6.97. The molecule has 1 heterocycles. The molecule has 124 valence electrons. The molecule has 0 unspecified atom stereocenters. The first-order valence-corrected chi connectivity index (χ1v) is 7.83. The lowest BCUT2D eigenvalue weighted by Crippen LogP contribution is -2.49. The summed E-state index contributed by atoms with van der Waals surface area (Å²) in [7, 11) is 0. The second-order valence-corrected chi connectivity index (χ2v) is 6.12. The number of halogens is 2.